The molecule has 0 spiro atoms. The van der Waals surface area contributed by atoms with Crippen LogP contribution in [0.25, 0.3) is 5.82 Å². The molecule has 0 atom stereocenters. The zero-order chi connectivity index (χ0) is 16.4. The number of alkyl halides is 3. The number of pyridine rings is 1. The molecule has 2 heterocycles. The van der Waals surface area contributed by atoms with Gasteiger partial charge in [0.15, 0.2) is 5.82 Å². The number of anilines is 1. The average molecular weight is 324 g/mol. The van der Waals surface area contributed by atoms with Crippen molar-refractivity contribution in [1.82, 2.24) is 14.8 Å². The molecule has 1 fully saturated rings. The van der Waals surface area contributed by atoms with E-state index in [1.807, 2.05) is 13.0 Å². The fourth-order valence-corrected chi connectivity index (χ4v) is 2.78. The molecule has 0 saturated heterocycles. The molecule has 0 unspecified atom stereocenters. The summed E-state index contributed by atoms with van der Waals surface area (Å²) in [6.07, 6.45) is 2.26. The predicted octanol–water partition coefficient (Wildman–Crippen LogP) is 4.04. The largest absolute Gasteiger partial charge is 0.367 e. The Balaban J connectivity index is 1.79. The van der Waals surface area contributed by atoms with Crippen molar-refractivity contribution < 1.29 is 13.2 Å². The summed E-state index contributed by atoms with van der Waals surface area (Å²) < 4.78 is 41.1. The summed E-state index contributed by atoms with van der Waals surface area (Å²) in [5, 5.41) is 7.43. The van der Waals surface area contributed by atoms with Gasteiger partial charge < -0.3 is 5.32 Å². The van der Waals surface area contributed by atoms with Gasteiger partial charge in [0.1, 0.15) is 12.5 Å². The van der Waals surface area contributed by atoms with Crippen molar-refractivity contribution in [2.75, 3.05) is 5.32 Å². The second kappa shape index (κ2) is 6.22. The molecule has 23 heavy (non-hydrogen) atoms. The molecule has 4 nitrogen and oxygen atoms in total. The van der Waals surface area contributed by atoms with Gasteiger partial charge in [0, 0.05) is 25.1 Å². The van der Waals surface area contributed by atoms with Crippen LogP contribution in [0.1, 0.15) is 36.9 Å². The summed E-state index contributed by atoms with van der Waals surface area (Å²) >= 11 is 0. The normalized spacial score (nSPS) is 18.1. The number of hydrogen-bond donors (Lipinski definition) is 1. The molecule has 3 rings (SSSR count). The lowest BCUT2D eigenvalue weighted by molar-refractivity contribution is -0.0361. The van der Waals surface area contributed by atoms with E-state index in [9.17, 15) is 13.2 Å². The van der Waals surface area contributed by atoms with E-state index < -0.39 is 12.6 Å². The third-order valence-electron chi connectivity index (χ3n) is 4.05. The minimum atomic E-state index is -2.57. The lowest BCUT2D eigenvalue weighted by Crippen LogP contribution is -2.32. The lowest BCUT2D eigenvalue weighted by atomic mass is 9.92. The van der Waals surface area contributed by atoms with Gasteiger partial charge in [-0.2, -0.15) is 5.10 Å². The Morgan fingerprint density at radius 2 is 2.04 bits per heavy atom. The molecule has 0 radical (unpaired) electrons. The molecule has 7 heteroatoms. The topological polar surface area (TPSA) is 42.7 Å². The molecule has 2 aromatic heterocycles. The van der Waals surface area contributed by atoms with Crippen LogP contribution in [0.4, 0.5) is 19.0 Å². The average Bonchev–Trinajstić information content (AvgIpc) is 2.96. The molecule has 0 amide bonds. The van der Waals surface area contributed by atoms with Crippen molar-refractivity contribution in [3.8, 4) is 5.82 Å². The van der Waals surface area contributed by atoms with Crippen LogP contribution in [0.2, 0.25) is 0 Å². The quantitative estimate of drug-likeness (QED) is 0.923. The number of nitrogens with zero attached hydrogens (tertiary/aromatic N) is 3. The maximum absolute atomic E-state index is 13.2. The SMILES string of the molecule is Cc1ccn(-c2cc(CF)cc(NC3CCC(F)(F)CC3)n2)n1. The Hall–Kier alpha value is -2.05. The Morgan fingerprint density at radius 3 is 2.65 bits per heavy atom. The highest BCUT2D eigenvalue weighted by atomic mass is 19.3. The maximum atomic E-state index is 13.2. The monoisotopic (exact) mass is 324 g/mol. The molecule has 124 valence electrons. The minimum Gasteiger partial charge on any atom is -0.367 e. The number of halogens is 3. The van der Waals surface area contributed by atoms with Crippen LogP contribution in [-0.2, 0) is 6.67 Å². The van der Waals surface area contributed by atoms with Gasteiger partial charge >= 0.3 is 0 Å². The van der Waals surface area contributed by atoms with E-state index in [2.05, 4.69) is 15.4 Å². The van der Waals surface area contributed by atoms with E-state index in [0.717, 1.165) is 5.69 Å². The van der Waals surface area contributed by atoms with Crippen molar-refractivity contribution in [3.63, 3.8) is 0 Å². The molecule has 0 aliphatic heterocycles. The van der Waals surface area contributed by atoms with Crippen LogP contribution in [0.15, 0.2) is 24.4 Å². The molecule has 0 aromatic carbocycles. The van der Waals surface area contributed by atoms with E-state index in [1.165, 1.54) is 0 Å². The Labute approximate surface area is 132 Å². The lowest BCUT2D eigenvalue weighted by Gasteiger charge is -2.29. The second-order valence-electron chi connectivity index (χ2n) is 6.03. The third kappa shape index (κ3) is 3.83. The maximum Gasteiger partial charge on any atom is 0.248 e. The summed E-state index contributed by atoms with van der Waals surface area (Å²) in [7, 11) is 0. The smallest absolute Gasteiger partial charge is 0.248 e. The summed E-state index contributed by atoms with van der Waals surface area (Å²) in [6.45, 7) is 1.24. The van der Waals surface area contributed by atoms with E-state index >= 15 is 0 Å². The minimum absolute atomic E-state index is 0.0656. The predicted molar refractivity (Wildman–Crippen MR) is 81.7 cm³/mol. The van der Waals surface area contributed by atoms with E-state index in [0.29, 0.717) is 30.0 Å². The molecule has 2 aromatic rings. The van der Waals surface area contributed by atoms with Gasteiger partial charge in [-0.15, -0.1) is 0 Å². The summed E-state index contributed by atoms with van der Waals surface area (Å²) in [6, 6.07) is 5.02. The summed E-state index contributed by atoms with van der Waals surface area (Å²) in [5.74, 6) is -1.56. The van der Waals surface area contributed by atoms with Gasteiger partial charge in [0.05, 0.1) is 5.69 Å². The fourth-order valence-electron chi connectivity index (χ4n) is 2.78. The van der Waals surface area contributed by atoms with Crippen molar-refractivity contribution in [2.45, 2.75) is 51.2 Å². The zero-order valence-corrected chi connectivity index (χ0v) is 12.9. The molecule has 1 aliphatic rings. The number of aryl methyl sites for hydroxylation is 1. The number of rotatable bonds is 4. The first-order valence-electron chi connectivity index (χ1n) is 7.69. The van der Waals surface area contributed by atoms with Crippen LogP contribution in [0.5, 0.6) is 0 Å². The molecular formula is C16H19F3N4. The number of hydrogen-bond acceptors (Lipinski definition) is 3. The fraction of sp³-hybridized carbons (Fsp3) is 0.500. The first-order valence-corrected chi connectivity index (χ1v) is 7.69. The van der Waals surface area contributed by atoms with Crippen molar-refractivity contribution in [3.05, 3.63) is 35.7 Å². The Kier molecular flexibility index (Phi) is 4.28. The highest BCUT2D eigenvalue weighted by Crippen LogP contribution is 2.34. The van der Waals surface area contributed by atoms with E-state index in [-0.39, 0.29) is 18.9 Å². The van der Waals surface area contributed by atoms with Crippen LogP contribution in [0, 0.1) is 6.92 Å². The first-order chi connectivity index (χ1) is 10.9. The molecule has 1 saturated carbocycles. The van der Waals surface area contributed by atoms with Crippen LogP contribution in [0.3, 0.4) is 0 Å². The van der Waals surface area contributed by atoms with Gasteiger partial charge in [-0.25, -0.2) is 22.8 Å². The molecule has 0 bridgehead atoms. The first kappa shape index (κ1) is 15.8. The Bertz CT molecular complexity index is 674. The highest BCUT2D eigenvalue weighted by Gasteiger charge is 2.34. The van der Waals surface area contributed by atoms with Gasteiger partial charge in [0.25, 0.3) is 0 Å². The summed E-state index contributed by atoms with van der Waals surface area (Å²) in [5.41, 5.74) is 1.31. The molecule has 1 N–H and O–H groups in total. The van der Waals surface area contributed by atoms with E-state index in [1.54, 1.807) is 23.0 Å². The van der Waals surface area contributed by atoms with Gasteiger partial charge in [-0.3, -0.25) is 0 Å². The van der Waals surface area contributed by atoms with Crippen LogP contribution < -0.4 is 5.32 Å². The molecule has 1 aliphatic carbocycles. The van der Waals surface area contributed by atoms with Crippen molar-refractivity contribution in [1.29, 1.82) is 0 Å². The third-order valence-corrected chi connectivity index (χ3v) is 4.05. The van der Waals surface area contributed by atoms with Crippen molar-refractivity contribution in [2.24, 2.45) is 0 Å². The number of nitrogens with one attached hydrogen (secondary N) is 1. The van der Waals surface area contributed by atoms with Gasteiger partial charge in [-0.05, 0) is 43.5 Å². The van der Waals surface area contributed by atoms with Crippen molar-refractivity contribution >= 4 is 5.82 Å². The number of aromatic nitrogens is 3. The van der Waals surface area contributed by atoms with Crippen LogP contribution >= 0.6 is 0 Å². The van der Waals surface area contributed by atoms with Gasteiger partial charge in [0.2, 0.25) is 5.92 Å². The summed E-state index contributed by atoms with van der Waals surface area (Å²) in [4.78, 5) is 4.43. The standard InChI is InChI=1S/C16H19F3N4/c1-11-4-7-23(22-11)15-9-12(10-17)8-14(21-15)20-13-2-5-16(18,19)6-3-13/h4,7-9,13H,2-3,5-6,10H2,1H3,(H,20,21). The molecular weight excluding hydrogens is 305 g/mol. The van der Waals surface area contributed by atoms with E-state index in [4.69, 9.17) is 0 Å². The highest BCUT2D eigenvalue weighted by molar-refractivity contribution is 5.44. The Morgan fingerprint density at radius 1 is 1.30 bits per heavy atom. The second-order valence-corrected chi connectivity index (χ2v) is 6.03. The zero-order valence-electron chi connectivity index (χ0n) is 12.9. The van der Waals surface area contributed by atoms with Crippen LogP contribution in [-0.4, -0.2) is 26.7 Å². The van der Waals surface area contributed by atoms with Gasteiger partial charge in [-0.1, -0.05) is 0 Å².